The SMILES string of the molecule is CCOC(=O)CCC(C)N=CC#CCO[Si](C)(C)C(C)(C)C. The number of rotatable bonds is 7. The lowest BCUT2D eigenvalue weighted by Gasteiger charge is -2.35. The van der Waals surface area contributed by atoms with Crippen molar-refractivity contribution in [3.63, 3.8) is 0 Å². The lowest BCUT2D eigenvalue weighted by atomic mass is 10.2. The van der Waals surface area contributed by atoms with Crippen molar-refractivity contribution >= 4 is 20.5 Å². The van der Waals surface area contributed by atoms with Crippen LogP contribution in [0.3, 0.4) is 0 Å². The van der Waals surface area contributed by atoms with Gasteiger partial charge in [0.15, 0.2) is 8.32 Å². The van der Waals surface area contributed by atoms with Crippen LogP contribution >= 0.6 is 0 Å². The summed E-state index contributed by atoms with van der Waals surface area (Å²) in [5, 5.41) is 0.199. The van der Waals surface area contributed by atoms with E-state index in [1.54, 1.807) is 13.1 Å². The maximum Gasteiger partial charge on any atom is 0.305 e. The maximum atomic E-state index is 11.2. The Balaban J connectivity index is 4.07. The molecule has 0 aliphatic rings. The van der Waals surface area contributed by atoms with Gasteiger partial charge in [0.05, 0.1) is 19.4 Å². The smallest absolute Gasteiger partial charge is 0.305 e. The molecule has 4 nitrogen and oxygen atoms in total. The van der Waals surface area contributed by atoms with E-state index in [4.69, 9.17) is 9.16 Å². The fourth-order valence-corrected chi connectivity index (χ4v) is 2.19. The first-order valence-corrected chi connectivity index (χ1v) is 10.8. The fraction of sp³-hybridized carbons (Fsp3) is 0.765. The average Bonchev–Trinajstić information content (AvgIpc) is 2.39. The van der Waals surface area contributed by atoms with Gasteiger partial charge in [-0.05, 0) is 38.4 Å². The number of esters is 1. The van der Waals surface area contributed by atoms with E-state index in [2.05, 4.69) is 50.7 Å². The zero-order valence-electron chi connectivity index (χ0n) is 15.2. The lowest BCUT2D eigenvalue weighted by molar-refractivity contribution is -0.143. The molecule has 0 aromatic heterocycles. The number of hydrogen-bond acceptors (Lipinski definition) is 4. The first kappa shape index (κ1) is 20.9. The second-order valence-corrected chi connectivity index (χ2v) is 11.7. The van der Waals surface area contributed by atoms with Crippen LogP contribution in [0.1, 0.15) is 47.5 Å². The van der Waals surface area contributed by atoms with E-state index in [1.807, 2.05) is 6.92 Å². The second kappa shape index (κ2) is 9.81. The van der Waals surface area contributed by atoms with Crippen LogP contribution in [0.4, 0.5) is 0 Å². The molecule has 0 N–H and O–H groups in total. The van der Waals surface area contributed by atoms with Crippen molar-refractivity contribution in [2.24, 2.45) is 4.99 Å². The Hall–Kier alpha value is -1.12. The van der Waals surface area contributed by atoms with E-state index in [1.165, 1.54) is 0 Å². The fourth-order valence-electron chi connectivity index (χ4n) is 1.32. The van der Waals surface area contributed by atoms with Crippen LogP contribution in [0.15, 0.2) is 4.99 Å². The minimum Gasteiger partial charge on any atom is -0.466 e. The quantitative estimate of drug-likeness (QED) is 0.309. The molecule has 0 fully saturated rings. The zero-order chi connectivity index (χ0) is 17.2. The summed E-state index contributed by atoms with van der Waals surface area (Å²) in [5.74, 6) is 5.70. The maximum absolute atomic E-state index is 11.2. The highest BCUT2D eigenvalue weighted by molar-refractivity contribution is 6.74. The predicted octanol–water partition coefficient (Wildman–Crippen LogP) is 3.81. The van der Waals surface area contributed by atoms with Gasteiger partial charge in [0, 0.05) is 12.5 Å². The Morgan fingerprint density at radius 2 is 2.00 bits per heavy atom. The van der Waals surface area contributed by atoms with Gasteiger partial charge < -0.3 is 9.16 Å². The Bertz CT molecular complexity index is 427. The summed E-state index contributed by atoms with van der Waals surface area (Å²) in [6.45, 7) is 15.7. The molecule has 22 heavy (non-hydrogen) atoms. The molecule has 0 bridgehead atoms. The third-order valence-electron chi connectivity index (χ3n) is 3.88. The molecule has 1 atom stereocenters. The number of ether oxygens (including phenoxy) is 1. The average molecular weight is 326 g/mol. The molecule has 0 amide bonds. The zero-order valence-corrected chi connectivity index (χ0v) is 16.2. The Morgan fingerprint density at radius 1 is 1.36 bits per heavy atom. The van der Waals surface area contributed by atoms with E-state index in [9.17, 15) is 4.79 Å². The molecular weight excluding hydrogens is 294 g/mol. The normalized spacial score (nSPS) is 13.6. The first-order chi connectivity index (χ1) is 10.1. The van der Waals surface area contributed by atoms with Gasteiger partial charge in [-0.15, -0.1) is 0 Å². The Labute approximate surface area is 136 Å². The summed E-state index contributed by atoms with van der Waals surface area (Å²) in [6, 6.07) is 0.0695. The van der Waals surface area contributed by atoms with Gasteiger partial charge >= 0.3 is 5.97 Å². The molecule has 0 aliphatic heterocycles. The van der Waals surface area contributed by atoms with Gasteiger partial charge in [0.25, 0.3) is 0 Å². The Kier molecular flexibility index (Phi) is 9.30. The van der Waals surface area contributed by atoms with Crippen molar-refractivity contribution in [3.8, 4) is 11.8 Å². The van der Waals surface area contributed by atoms with Crippen LogP contribution in [0.5, 0.6) is 0 Å². The van der Waals surface area contributed by atoms with Crippen LogP contribution in [0.2, 0.25) is 18.1 Å². The van der Waals surface area contributed by atoms with E-state index in [0.29, 0.717) is 26.1 Å². The lowest BCUT2D eigenvalue weighted by Crippen LogP contribution is -2.40. The number of carbonyl (C=O) groups is 1. The van der Waals surface area contributed by atoms with Gasteiger partial charge in [0.1, 0.15) is 0 Å². The van der Waals surface area contributed by atoms with Crippen molar-refractivity contribution in [2.75, 3.05) is 13.2 Å². The topological polar surface area (TPSA) is 47.9 Å². The van der Waals surface area contributed by atoms with Crippen molar-refractivity contribution in [1.29, 1.82) is 0 Å². The number of nitrogens with zero attached hydrogens (tertiary/aromatic N) is 1. The van der Waals surface area contributed by atoms with Gasteiger partial charge in [-0.3, -0.25) is 9.79 Å². The van der Waals surface area contributed by atoms with E-state index in [0.717, 1.165) is 0 Å². The number of carbonyl (C=O) groups excluding carboxylic acids is 1. The Morgan fingerprint density at radius 3 is 2.55 bits per heavy atom. The molecule has 1 unspecified atom stereocenters. The van der Waals surface area contributed by atoms with Gasteiger partial charge in [-0.25, -0.2) is 0 Å². The molecule has 126 valence electrons. The highest BCUT2D eigenvalue weighted by Crippen LogP contribution is 2.36. The summed E-state index contributed by atoms with van der Waals surface area (Å²) in [4.78, 5) is 15.5. The van der Waals surface area contributed by atoms with Crippen LogP contribution < -0.4 is 0 Å². The minimum absolute atomic E-state index is 0.0695. The van der Waals surface area contributed by atoms with Crippen molar-refractivity contribution in [3.05, 3.63) is 0 Å². The molecule has 0 aromatic carbocycles. The summed E-state index contributed by atoms with van der Waals surface area (Å²) >= 11 is 0. The number of hydrogen-bond donors (Lipinski definition) is 0. The highest BCUT2D eigenvalue weighted by Gasteiger charge is 2.36. The third kappa shape index (κ3) is 9.01. The summed E-state index contributed by atoms with van der Waals surface area (Å²) in [6.07, 6.45) is 2.68. The van der Waals surface area contributed by atoms with Gasteiger partial charge in [-0.1, -0.05) is 32.6 Å². The second-order valence-electron chi connectivity index (χ2n) is 6.84. The molecular formula is C17H31NO3Si. The molecule has 0 heterocycles. The molecule has 0 aliphatic carbocycles. The molecule has 0 aromatic rings. The number of aliphatic imine (C=N–C) groups is 1. The molecule has 0 saturated carbocycles. The standard InChI is InChI=1S/C17H31NO3Si/c1-8-20-16(19)12-11-15(2)18-13-9-10-14-21-22(6,7)17(3,4)5/h13,15H,8,11-12,14H2,1-7H3. The molecule has 0 rings (SSSR count). The van der Waals surface area contributed by atoms with Crippen molar-refractivity contribution in [1.82, 2.24) is 0 Å². The van der Waals surface area contributed by atoms with E-state index in [-0.39, 0.29) is 17.0 Å². The molecule has 0 saturated heterocycles. The van der Waals surface area contributed by atoms with Crippen LogP contribution in [-0.2, 0) is 14.0 Å². The predicted molar refractivity (Wildman–Crippen MR) is 94.7 cm³/mol. The van der Waals surface area contributed by atoms with Crippen LogP contribution in [-0.4, -0.2) is 39.8 Å². The summed E-state index contributed by atoms with van der Waals surface area (Å²) in [7, 11) is -1.72. The third-order valence-corrected chi connectivity index (χ3v) is 8.36. The van der Waals surface area contributed by atoms with Crippen molar-refractivity contribution < 1.29 is 14.0 Å². The largest absolute Gasteiger partial charge is 0.466 e. The minimum atomic E-state index is -1.72. The molecule has 5 heteroatoms. The monoisotopic (exact) mass is 325 g/mol. The first-order valence-electron chi connectivity index (χ1n) is 7.89. The molecule has 0 radical (unpaired) electrons. The van der Waals surface area contributed by atoms with E-state index >= 15 is 0 Å². The summed E-state index contributed by atoms with van der Waals surface area (Å²) < 4.78 is 10.8. The van der Waals surface area contributed by atoms with E-state index < -0.39 is 8.32 Å². The van der Waals surface area contributed by atoms with Gasteiger partial charge in [0.2, 0.25) is 0 Å². The van der Waals surface area contributed by atoms with Crippen LogP contribution in [0.25, 0.3) is 0 Å². The van der Waals surface area contributed by atoms with Gasteiger partial charge in [-0.2, -0.15) is 0 Å². The highest BCUT2D eigenvalue weighted by atomic mass is 28.4. The van der Waals surface area contributed by atoms with Crippen molar-refractivity contribution in [2.45, 2.75) is 71.6 Å². The van der Waals surface area contributed by atoms with Crippen LogP contribution in [0, 0.1) is 11.8 Å². The molecule has 0 spiro atoms. The summed E-state index contributed by atoms with van der Waals surface area (Å²) in [5.41, 5.74) is 0.